The van der Waals surface area contributed by atoms with E-state index >= 15 is 0 Å². The van der Waals surface area contributed by atoms with E-state index in [0.29, 0.717) is 24.3 Å². The van der Waals surface area contributed by atoms with Gasteiger partial charge in [0.2, 0.25) is 0 Å². The van der Waals surface area contributed by atoms with Crippen LogP contribution in [0.5, 0.6) is 5.75 Å². The molecule has 0 unspecified atom stereocenters. The first-order chi connectivity index (χ1) is 10.2. The third-order valence-electron chi connectivity index (χ3n) is 3.08. The van der Waals surface area contributed by atoms with Gasteiger partial charge >= 0.3 is 0 Å². The van der Waals surface area contributed by atoms with Gasteiger partial charge in [-0.1, -0.05) is 25.1 Å². The molecule has 0 bridgehead atoms. The van der Waals surface area contributed by atoms with Crippen LogP contribution in [0.2, 0.25) is 0 Å². The second-order valence-electron chi connectivity index (χ2n) is 4.57. The number of amides is 1. The highest BCUT2D eigenvalue weighted by Crippen LogP contribution is 2.21. The number of rotatable bonds is 6. The molecule has 0 aliphatic rings. The summed E-state index contributed by atoms with van der Waals surface area (Å²) in [5.41, 5.74) is 4.05. The van der Waals surface area contributed by atoms with Crippen molar-refractivity contribution in [2.24, 2.45) is 5.84 Å². The van der Waals surface area contributed by atoms with Crippen LogP contribution in [-0.4, -0.2) is 17.5 Å². The maximum atomic E-state index is 11.6. The molecule has 0 atom stereocenters. The number of para-hydroxylation sites is 1. The van der Waals surface area contributed by atoms with Crippen LogP contribution >= 0.6 is 11.3 Å². The average molecular weight is 305 g/mol. The lowest BCUT2D eigenvalue weighted by Gasteiger charge is -2.07. The lowest BCUT2D eigenvalue weighted by Crippen LogP contribution is -2.30. The number of hydrogen-bond donors (Lipinski definition) is 2. The summed E-state index contributed by atoms with van der Waals surface area (Å²) < 4.78 is 5.75. The Morgan fingerprint density at radius 3 is 2.86 bits per heavy atom. The third-order valence-corrected chi connectivity index (χ3v) is 4.24. The summed E-state index contributed by atoms with van der Waals surface area (Å²) in [6.45, 7) is 4.51. The number of aryl methyl sites for hydroxylation is 2. The quantitative estimate of drug-likeness (QED) is 0.487. The molecule has 0 saturated carbocycles. The summed E-state index contributed by atoms with van der Waals surface area (Å²) in [5.74, 6) is 5.78. The molecule has 0 radical (unpaired) electrons. The molecule has 0 spiro atoms. The van der Waals surface area contributed by atoms with E-state index in [1.807, 2.05) is 38.1 Å². The molecule has 1 heterocycles. The molecule has 0 fully saturated rings. The number of aromatic nitrogens is 1. The normalized spacial score (nSPS) is 10.4. The number of benzene rings is 1. The number of nitrogen functional groups attached to an aromatic ring is 1. The van der Waals surface area contributed by atoms with Gasteiger partial charge in [-0.25, -0.2) is 10.8 Å². The van der Waals surface area contributed by atoms with Crippen LogP contribution in [-0.2, 0) is 12.8 Å². The maximum absolute atomic E-state index is 11.6. The second-order valence-corrected chi connectivity index (χ2v) is 5.66. The zero-order valence-electron chi connectivity index (χ0n) is 12.2. The number of ether oxygens (including phenoxy) is 1. The number of nitrogens with one attached hydrogen (secondary N) is 1. The molecule has 5 nitrogen and oxygen atoms in total. The summed E-state index contributed by atoms with van der Waals surface area (Å²) in [5, 5.41) is 0.888. The van der Waals surface area contributed by atoms with Crippen molar-refractivity contribution < 1.29 is 9.53 Å². The number of nitrogens with zero attached hydrogens (tertiary/aromatic N) is 1. The van der Waals surface area contributed by atoms with Crippen molar-refractivity contribution in [2.75, 3.05) is 6.61 Å². The molecule has 1 aromatic heterocycles. The Bertz CT molecular complexity index is 625. The Morgan fingerprint density at radius 1 is 1.43 bits per heavy atom. The lowest BCUT2D eigenvalue weighted by atomic mass is 10.2. The minimum absolute atomic E-state index is 0.282. The van der Waals surface area contributed by atoms with Crippen molar-refractivity contribution in [3.63, 3.8) is 0 Å². The summed E-state index contributed by atoms with van der Waals surface area (Å²) >= 11 is 1.37. The van der Waals surface area contributed by atoms with Crippen molar-refractivity contribution in [1.29, 1.82) is 0 Å². The van der Waals surface area contributed by atoms with Gasteiger partial charge in [0.05, 0.1) is 17.3 Å². The summed E-state index contributed by atoms with van der Waals surface area (Å²) in [6.07, 6.45) is 1.38. The van der Waals surface area contributed by atoms with E-state index in [-0.39, 0.29) is 5.91 Å². The van der Waals surface area contributed by atoms with Crippen molar-refractivity contribution in [2.45, 2.75) is 26.7 Å². The van der Waals surface area contributed by atoms with Crippen LogP contribution in [0.4, 0.5) is 0 Å². The second kappa shape index (κ2) is 7.19. The number of thiazole rings is 1. The molecule has 0 aliphatic heterocycles. The Kier molecular flexibility index (Phi) is 5.30. The Balaban J connectivity index is 1.99. The summed E-state index contributed by atoms with van der Waals surface area (Å²) in [7, 11) is 0. The van der Waals surface area contributed by atoms with Crippen LogP contribution in [0.1, 0.15) is 32.9 Å². The lowest BCUT2D eigenvalue weighted by molar-refractivity contribution is 0.0956. The molecular formula is C15H19N3O2S. The summed E-state index contributed by atoms with van der Waals surface area (Å²) in [4.78, 5) is 16.7. The Hall–Kier alpha value is -1.92. The van der Waals surface area contributed by atoms with Crippen LogP contribution < -0.4 is 16.0 Å². The summed E-state index contributed by atoms with van der Waals surface area (Å²) in [6, 6.07) is 7.89. The highest BCUT2D eigenvalue weighted by molar-refractivity contribution is 7.13. The predicted octanol–water partition coefficient (Wildman–Crippen LogP) is 2.24. The monoisotopic (exact) mass is 305 g/mol. The van der Waals surface area contributed by atoms with E-state index in [1.54, 1.807) is 0 Å². The molecule has 2 rings (SSSR count). The number of nitrogens with two attached hydrogens (primary N) is 1. The van der Waals surface area contributed by atoms with E-state index in [2.05, 4.69) is 10.4 Å². The topological polar surface area (TPSA) is 77.2 Å². The molecule has 0 aliphatic carbocycles. The van der Waals surface area contributed by atoms with E-state index in [0.717, 1.165) is 22.0 Å². The van der Waals surface area contributed by atoms with Gasteiger partial charge in [0.15, 0.2) is 0 Å². The molecule has 112 valence electrons. The molecule has 6 heteroatoms. The van der Waals surface area contributed by atoms with E-state index in [4.69, 9.17) is 10.6 Å². The van der Waals surface area contributed by atoms with Crippen molar-refractivity contribution in [3.8, 4) is 5.75 Å². The van der Waals surface area contributed by atoms with Gasteiger partial charge in [-0.05, 0) is 25.0 Å². The van der Waals surface area contributed by atoms with Gasteiger partial charge < -0.3 is 4.74 Å². The van der Waals surface area contributed by atoms with Gasteiger partial charge in [0, 0.05) is 6.42 Å². The van der Waals surface area contributed by atoms with Gasteiger partial charge in [0.1, 0.15) is 10.6 Å². The van der Waals surface area contributed by atoms with Gasteiger partial charge in [-0.15, -0.1) is 11.3 Å². The molecule has 21 heavy (non-hydrogen) atoms. The van der Waals surface area contributed by atoms with Gasteiger partial charge in [-0.3, -0.25) is 10.2 Å². The van der Waals surface area contributed by atoms with Crippen molar-refractivity contribution >= 4 is 17.2 Å². The van der Waals surface area contributed by atoms with Crippen LogP contribution in [0.3, 0.4) is 0 Å². The van der Waals surface area contributed by atoms with Gasteiger partial charge in [0.25, 0.3) is 5.91 Å². The Morgan fingerprint density at radius 2 is 2.19 bits per heavy atom. The van der Waals surface area contributed by atoms with E-state index in [1.165, 1.54) is 11.3 Å². The average Bonchev–Trinajstić information content (AvgIpc) is 2.91. The molecule has 2 aromatic rings. The highest BCUT2D eigenvalue weighted by Gasteiger charge is 2.15. The first-order valence-corrected chi connectivity index (χ1v) is 7.65. The van der Waals surface area contributed by atoms with E-state index in [9.17, 15) is 4.79 Å². The van der Waals surface area contributed by atoms with Crippen LogP contribution in [0.15, 0.2) is 24.3 Å². The smallest absolute Gasteiger partial charge is 0.277 e. The maximum Gasteiger partial charge on any atom is 0.277 e. The van der Waals surface area contributed by atoms with Gasteiger partial charge in [-0.2, -0.15) is 0 Å². The SMILES string of the molecule is CCc1nc(CCOc2ccccc2C)sc1C(=O)NN. The molecule has 1 amide bonds. The fraction of sp³-hybridized carbons (Fsp3) is 0.333. The number of hydrazine groups is 1. The Labute approximate surface area is 128 Å². The molecule has 0 saturated heterocycles. The fourth-order valence-electron chi connectivity index (χ4n) is 1.96. The zero-order valence-corrected chi connectivity index (χ0v) is 13.0. The number of carbonyl (C=O) groups is 1. The van der Waals surface area contributed by atoms with Crippen molar-refractivity contribution in [1.82, 2.24) is 10.4 Å². The molecule has 3 N–H and O–H groups in total. The fourth-order valence-corrected chi connectivity index (χ4v) is 2.99. The van der Waals surface area contributed by atoms with Crippen LogP contribution in [0.25, 0.3) is 0 Å². The highest BCUT2D eigenvalue weighted by atomic mass is 32.1. The third kappa shape index (κ3) is 3.80. The van der Waals surface area contributed by atoms with Crippen LogP contribution in [0, 0.1) is 6.92 Å². The van der Waals surface area contributed by atoms with Crippen molar-refractivity contribution in [3.05, 3.63) is 45.4 Å². The number of carbonyl (C=O) groups excluding carboxylic acids is 1. The molecular weight excluding hydrogens is 286 g/mol. The largest absolute Gasteiger partial charge is 0.493 e. The van der Waals surface area contributed by atoms with E-state index < -0.39 is 0 Å². The standard InChI is InChI=1S/C15H19N3O2S/c1-3-11-14(15(19)18-16)21-13(17-11)8-9-20-12-7-5-4-6-10(12)2/h4-7H,3,8-9,16H2,1-2H3,(H,18,19). The minimum atomic E-state index is -0.282. The zero-order chi connectivity index (χ0) is 15.2. The predicted molar refractivity (Wildman–Crippen MR) is 83.5 cm³/mol. The first kappa shape index (κ1) is 15.5. The number of hydrogen-bond acceptors (Lipinski definition) is 5. The first-order valence-electron chi connectivity index (χ1n) is 6.83. The minimum Gasteiger partial charge on any atom is -0.493 e. The molecule has 1 aromatic carbocycles.